The molecule has 0 saturated carbocycles. The fourth-order valence-electron chi connectivity index (χ4n) is 3.02. The molecule has 3 aromatic rings. The van der Waals surface area contributed by atoms with Crippen LogP contribution in [0.3, 0.4) is 0 Å². The van der Waals surface area contributed by atoms with Gasteiger partial charge in [-0.2, -0.15) is 0 Å². The van der Waals surface area contributed by atoms with Crippen LogP contribution in [-0.4, -0.2) is 12.5 Å². The highest BCUT2D eigenvalue weighted by Gasteiger charge is 2.15. The number of hydrogen-bond acceptors (Lipinski definition) is 2. The van der Waals surface area contributed by atoms with Crippen LogP contribution in [0.4, 0.5) is 0 Å². The number of hydrogen-bond donors (Lipinski definition) is 1. The molecule has 1 N–H and O–H groups in total. The molecule has 0 aliphatic rings. The maximum atomic E-state index is 12.6. The highest BCUT2D eigenvalue weighted by Crippen LogP contribution is 2.22. The Morgan fingerprint density at radius 2 is 1.48 bits per heavy atom. The van der Waals surface area contributed by atoms with Crippen LogP contribution in [0.15, 0.2) is 91.0 Å². The van der Waals surface area contributed by atoms with Crippen LogP contribution in [0, 0.1) is 0 Å². The van der Waals surface area contributed by atoms with Gasteiger partial charge in [-0.15, -0.1) is 0 Å². The summed E-state index contributed by atoms with van der Waals surface area (Å²) in [5.74, 6) is 0.722. The first-order valence-electron chi connectivity index (χ1n) is 10.1. The molecule has 3 nitrogen and oxygen atoms in total. The van der Waals surface area contributed by atoms with Crippen molar-refractivity contribution in [2.24, 2.45) is 0 Å². The van der Waals surface area contributed by atoms with Gasteiger partial charge in [-0.25, -0.2) is 0 Å². The van der Waals surface area contributed by atoms with E-state index in [1.165, 1.54) is 0 Å². The topological polar surface area (TPSA) is 38.3 Å². The van der Waals surface area contributed by atoms with E-state index in [4.69, 9.17) is 4.74 Å². The first-order chi connectivity index (χ1) is 14.3. The van der Waals surface area contributed by atoms with Gasteiger partial charge in [0.05, 0.1) is 12.6 Å². The van der Waals surface area contributed by atoms with Crippen LogP contribution < -0.4 is 10.1 Å². The van der Waals surface area contributed by atoms with Gasteiger partial charge < -0.3 is 10.1 Å². The van der Waals surface area contributed by atoms with Gasteiger partial charge in [0.1, 0.15) is 5.75 Å². The molecule has 0 aromatic heterocycles. The van der Waals surface area contributed by atoms with Gasteiger partial charge in [0.15, 0.2) is 0 Å². The lowest BCUT2D eigenvalue weighted by atomic mass is 9.98. The molecular weight excluding hydrogens is 358 g/mol. The molecule has 0 spiro atoms. The zero-order chi connectivity index (χ0) is 20.3. The van der Waals surface area contributed by atoms with Crippen molar-refractivity contribution in [1.82, 2.24) is 5.32 Å². The van der Waals surface area contributed by atoms with E-state index in [0.29, 0.717) is 0 Å². The minimum absolute atomic E-state index is 0.133. The van der Waals surface area contributed by atoms with E-state index < -0.39 is 0 Å². The second-order valence-electron chi connectivity index (χ2n) is 6.87. The first-order valence-corrected chi connectivity index (χ1v) is 10.1. The van der Waals surface area contributed by atoms with Gasteiger partial charge in [0, 0.05) is 6.08 Å². The zero-order valence-electron chi connectivity index (χ0n) is 16.8. The summed E-state index contributed by atoms with van der Waals surface area (Å²) in [5, 5.41) is 3.12. The SMILES string of the molecule is CCCCOc1ccc(/C=C/C(=O)NC(c2ccccc2)c2ccccc2)cc1. The van der Waals surface area contributed by atoms with Crippen LogP contribution in [0.5, 0.6) is 5.75 Å². The van der Waals surface area contributed by atoms with Crippen molar-refractivity contribution in [2.45, 2.75) is 25.8 Å². The van der Waals surface area contributed by atoms with Gasteiger partial charge >= 0.3 is 0 Å². The van der Waals surface area contributed by atoms with Crippen LogP contribution in [0.1, 0.15) is 42.5 Å². The van der Waals surface area contributed by atoms with E-state index in [-0.39, 0.29) is 11.9 Å². The summed E-state index contributed by atoms with van der Waals surface area (Å²) in [7, 11) is 0. The summed E-state index contributed by atoms with van der Waals surface area (Å²) < 4.78 is 5.67. The van der Waals surface area contributed by atoms with E-state index in [1.54, 1.807) is 6.08 Å². The number of unbranched alkanes of at least 4 members (excludes halogenated alkanes) is 1. The van der Waals surface area contributed by atoms with Crippen LogP contribution in [0.2, 0.25) is 0 Å². The third kappa shape index (κ3) is 6.35. The lowest BCUT2D eigenvalue weighted by Crippen LogP contribution is -2.27. The summed E-state index contributed by atoms with van der Waals surface area (Å²) >= 11 is 0. The molecule has 3 heteroatoms. The standard InChI is InChI=1S/C26H27NO2/c1-2-3-20-29-24-17-14-21(15-18-24)16-19-25(28)27-26(22-10-6-4-7-11-22)23-12-8-5-9-13-23/h4-19,26H,2-3,20H2,1H3,(H,27,28)/b19-16+. The molecule has 0 atom stereocenters. The van der Waals surface area contributed by atoms with Crippen molar-refractivity contribution in [3.05, 3.63) is 108 Å². The number of amides is 1. The molecule has 0 fully saturated rings. The first kappa shape index (κ1) is 20.4. The molecular formula is C26H27NO2. The minimum atomic E-state index is -0.191. The minimum Gasteiger partial charge on any atom is -0.494 e. The molecule has 0 bridgehead atoms. The van der Waals surface area contributed by atoms with E-state index in [1.807, 2.05) is 91.0 Å². The highest BCUT2D eigenvalue weighted by molar-refractivity contribution is 5.92. The lowest BCUT2D eigenvalue weighted by Gasteiger charge is -2.19. The largest absolute Gasteiger partial charge is 0.494 e. The van der Waals surface area contributed by atoms with Crippen LogP contribution in [0.25, 0.3) is 6.08 Å². The van der Waals surface area contributed by atoms with Gasteiger partial charge in [-0.1, -0.05) is 86.1 Å². The second kappa shape index (κ2) is 10.9. The van der Waals surface area contributed by atoms with Crippen molar-refractivity contribution < 1.29 is 9.53 Å². The van der Waals surface area contributed by atoms with Crippen molar-refractivity contribution >= 4 is 12.0 Å². The van der Waals surface area contributed by atoms with Crippen molar-refractivity contribution in [1.29, 1.82) is 0 Å². The monoisotopic (exact) mass is 385 g/mol. The number of carbonyl (C=O) groups excluding carboxylic acids is 1. The molecule has 148 valence electrons. The van der Waals surface area contributed by atoms with Gasteiger partial charge in [-0.3, -0.25) is 4.79 Å². The van der Waals surface area contributed by atoms with Gasteiger partial charge in [0.25, 0.3) is 0 Å². The van der Waals surface area contributed by atoms with Gasteiger partial charge in [-0.05, 0) is 41.3 Å². The highest BCUT2D eigenvalue weighted by atomic mass is 16.5. The Morgan fingerprint density at radius 3 is 2.03 bits per heavy atom. The summed E-state index contributed by atoms with van der Waals surface area (Å²) in [6.07, 6.45) is 5.55. The lowest BCUT2D eigenvalue weighted by molar-refractivity contribution is -0.116. The fourth-order valence-corrected chi connectivity index (χ4v) is 3.02. The Morgan fingerprint density at radius 1 is 0.897 bits per heavy atom. The summed E-state index contributed by atoms with van der Waals surface area (Å²) in [5.41, 5.74) is 3.06. The second-order valence-corrected chi connectivity index (χ2v) is 6.87. The smallest absolute Gasteiger partial charge is 0.244 e. The average Bonchev–Trinajstić information content (AvgIpc) is 2.78. The molecule has 0 radical (unpaired) electrons. The van der Waals surface area contributed by atoms with Crippen LogP contribution >= 0.6 is 0 Å². The predicted octanol–water partition coefficient (Wildman–Crippen LogP) is 5.78. The molecule has 0 unspecified atom stereocenters. The van der Waals surface area contributed by atoms with E-state index in [0.717, 1.165) is 41.9 Å². The Kier molecular flexibility index (Phi) is 7.64. The predicted molar refractivity (Wildman–Crippen MR) is 119 cm³/mol. The molecule has 0 aliphatic carbocycles. The van der Waals surface area contributed by atoms with E-state index in [9.17, 15) is 4.79 Å². The zero-order valence-corrected chi connectivity index (χ0v) is 16.8. The Hall–Kier alpha value is -3.33. The average molecular weight is 386 g/mol. The third-order valence-corrected chi connectivity index (χ3v) is 4.63. The molecule has 29 heavy (non-hydrogen) atoms. The number of rotatable bonds is 9. The third-order valence-electron chi connectivity index (χ3n) is 4.63. The summed E-state index contributed by atoms with van der Waals surface area (Å²) in [6, 6.07) is 27.6. The van der Waals surface area contributed by atoms with E-state index in [2.05, 4.69) is 12.2 Å². The molecule has 0 saturated heterocycles. The number of carbonyl (C=O) groups is 1. The maximum Gasteiger partial charge on any atom is 0.244 e. The Balaban J connectivity index is 1.66. The quantitative estimate of drug-likeness (QED) is 0.374. The molecule has 3 rings (SSSR count). The van der Waals surface area contributed by atoms with E-state index >= 15 is 0 Å². The molecule has 0 heterocycles. The van der Waals surface area contributed by atoms with Crippen LogP contribution in [-0.2, 0) is 4.79 Å². The fraction of sp³-hybridized carbons (Fsp3) is 0.192. The van der Waals surface area contributed by atoms with Gasteiger partial charge in [0.2, 0.25) is 5.91 Å². The van der Waals surface area contributed by atoms with Crippen molar-refractivity contribution in [3.63, 3.8) is 0 Å². The number of ether oxygens (including phenoxy) is 1. The van der Waals surface area contributed by atoms with Crippen molar-refractivity contribution in [2.75, 3.05) is 6.61 Å². The Bertz CT molecular complexity index is 863. The summed E-state index contributed by atoms with van der Waals surface area (Å²) in [6.45, 7) is 2.87. The normalized spacial score (nSPS) is 11.0. The Labute approximate surface area is 173 Å². The summed E-state index contributed by atoms with van der Waals surface area (Å²) in [4.78, 5) is 12.6. The maximum absolute atomic E-state index is 12.6. The van der Waals surface area contributed by atoms with Crippen molar-refractivity contribution in [3.8, 4) is 5.75 Å². The number of nitrogens with one attached hydrogen (secondary N) is 1. The number of benzene rings is 3. The molecule has 0 aliphatic heterocycles. The molecule has 3 aromatic carbocycles. The molecule has 1 amide bonds.